The Hall–Kier alpha value is -0.870. The Morgan fingerprint density at radius 2 is 2.22 bits per heavy atom. The van der Waals surface area contributed by atoms with Crippen LogP contribution in [0.4, 0.5) is 0 Å². The van der Waals surface area contributed by atoms with E-state index in [1.54, 1.807) is 11.3 Å². The van der Waals surface area contributed by atoms with Gasteiger partial charge in [-0.1, -0.05) is 13.3 Å². The van der Waals surface area contributed by atoms with Crippen LogP contribution in [0.5, 0.6) is 0 Å². The van der Waals surface area contributed by atoms with E-state index in [1.165, 1.54) is 5.56 Å². The van der Waals surface area contributed by atoms with E-state index < -0.39 is 0 Å². The smallest absolute Gasteiger partial charge is 0.222 e. The molecular weight excluding hydrogens is 244 g/mol. The van der Waals surface area contributed by atoms with Crippen molar-refractivity contribution in [1.29, 1.82) is 0 Å². The van der Waals surface area contributed by atoms with Gasteiger partial charge in [-0.15, -0.1) is 0 Å². The van der Waals surface area contributed by atoms with E-state index in [-0.39, 0.29) is 17.9 Å². The van der Waals surface area contributed by atoms with Crippen LogP contribution in [0.3, 0.4) is 0 Å². The molecule has 0 aliphatic carbocycles. The van der Waals surface area contributed by atoms with Gasteiger partial charge in [-0.2, -0.15) is 11.3 Å². The number of carbonyl (C=O) groups is 1. The molecule has 0 radical (unpaired) electrons. The van der Waals surface area contributed by atoms with Crippen molar-refractivity contribution >= 4 is 17.2 Å². The summed E-state index contributed by atoms with van der Waals surface area (Å²) in [5, 5.41) is 7.18. The first-order chi connectivity index (χ1) is 8.59. The van der Waals surface area contributed by atoms with E-state index >= 15 is 0 Å². The zero-order valence-corrected chi connectivity index (χ0v) is 12.1. The minimum atomic E-state index is 0.0891. The Bertz CT molecular complexity index is 336. The van der Waals surface area contributed by atoms with E-state index in [4.69, 9.17) is 5.73 Å². The van der Waals surface area contributed by atoms with Gasteiger partial charge in [0, 0.05) is 18.5 Å². The Morgan fingerprint density at radius 3 is 2.83 bits per heavy atom. The molecule has 0 spiro atoms. The van der Waals surface area contributed by atoms with Gasteiger partial charge in [-0.25, -0.2) is 0 Å². The molecular formula is C14H24N2OS. The summed E-state index contributed by atoms with van der Waals surface area (Å²) in [5.74, 6) is 0.251. The minimum absolute atomic E-state index is 0.0891. The van der Waals surface area contributed by atoms with Crippen molar-refractivity contribution in [2.24, 2.45) is 11.7 Å². The molecule has 18 heavy (non-hydrogen) atoms. The number of hydrogen-bond donors (Lipinski definition) is 2. The fourth-order valence-electron chi connectivity index (χ4n) is 1.82. The van der Waals surface area contributed by atoms with Gasteiger partial charge in [0.1, 0.15) is 0 Å². The Balaban J connectivity index is 2.11. The van der Waals surface area contributed by atoms with Crippen LogP contribution in [0.2, 0.25) is 0 Å². The lowest BCUT2D eigenvalue weighted by atomic mass is 10.0. The van der Waals surface area contributed by atoms with Crippen LogP contribution < -0.4 is 11.1 Å². The van der Waals surface area contributed by atoms with Crippen LogP contribution in [-0.4, -0.2) is 18.5 Å². The zero-order chi connectivity index (χ0) is 13.4. The van der Waals surface area contributed by atoms with Gasteiger partial charge >= 0.3 is 0 Å². The Labute approximate surface area is 114 Å². The molecule has 2 unspecified atom stereocenters. The number of carbonyl (C=O) groups excluding carboxylic acids is 1. The molecule has 0 aliphatic heterocycles. The summed E-state index contributed by atoms with van der Waals surface area (Å²) in [7, 11) is 0. The fraction of sp³-hybridized carbons (Fsp3) is 0.643. The summed E-state index contributed by atoms with van der Waals surface area (Å²) < 4.78 is 0. The maximum Gasteiger partial charge on any atom is 0.222 e. The van der Waals surface area contributed by atoms with E-state index in [0.717, 1.165) is 32.2 Å². The third-order valence-corrected chi connectivity index (χ3v) is 3.77. The first kappa shape index (κ1) is 15.2. The molecule has 1 aromatic heterocycles. The van der Waals surface area contributed by atoms with Gasteiger partial charge in [0.2, 0.25) is 5.91 Å². The molecule has 0 saturated carbocycles. The molecule has 1 heterocycles. The van der Waals surface area contributed by atoms with E-state index in [1.807, 2.05) is 13.8 Å². The second-order valence-corrected chi connectivity index (χ2v) is 5.76. The normalized spacial score (nSPS) is 14.2. The second kappa shape index (κ2) is 8.27. The summed E-state index contributed by atoms with van der Waals surface area (Å²) in [4.78, 5) is 11.8. The van der Waals surface area contributed by atoms with Gasteiger partial charge < -0.3 is 11.1 Å². The average molecular weight is 268 g/mol. The third kappa shape index (κ3) is 6.17. The molecule has 1 rings (SSSR count). The first-order valence-electron chi connectivity index (χ1n) is 6.64. The van der Waals surface area contributed by atoms with Crippen LogP contribution in [0.1, 0.15) is 38.7 Å². The molecule has 2 atom stereocenters. The lowest BCUT2D eigenvalue weighted by Crippen LogP contribution is -2.31. The molecule has 4 heteroatoms. The van der Waals surface area contributed by atoms with Gasteiger partial charge in [-0.05, 0) is 48.6 Å². The van der Waals surface area contributed by atoms with Crippen molar-refractivity contribution in [2.45, 2.75) is 45.6 Å². The van der Waals surface area contributed by atoms with Gasteiger partial charge in [0.05, 0.1) is 0 Å². The average Bonchev–Trinajstić information content (AvgIpc) is 2.81. The molecule has 0 fully saturated rings. The predicted molar refractivity (Wildman–Crippen MR) is 77.7 cm³/mol. The standard InChI is InChI=1S/C14H24N2OS/c1-11(4-3-5-12(2)15)14(17)16-8-6-13-7-9-18-10-13/h7,9-12H,3-6,8,15H2,1-2H3,(H,16,17). The van der Waals surface area contributed by atoms with Crippen LogP contribution in [0, 0.1) is 5.92 Å². The lowest BCUT2D eigenvalue weighted by molar-refractivity contribution is -0.124. The van der Waals surface area contributed by atoms with Crippen molar-refractivity contribution < 1.29 is 4.79 Å². The quantitative estimate of drug-likeness (QED) is 0.761. The number of amides is 1. The maximum absolute atomic E-state index is 11.8. The van der Waals surface area contributed by atoms with Crippen LogP contribution in [-0.2, 0) is 11.2 Å². The largest absolute Gasteiger partial charge is 0.356 e. The first-order valence-corrected chi connectivity index (χ1v) is 7.58. The predicted octanol–water partition coefficient (Wildman–Crippen LogP) is 2.56. The van der Waals surface area contributed by atoms with Crippen molar-refractivity contribution in [3.8, 4) is 0 Å². The highest BCUT2D eigenvalue weighted by atomic mass is 32.1. The molecule has 1 amide bonds. The highest BCUT2D eigenvalue weighted by Crippen LogP contribution is 2.09. The highest BCUT2D eigenvalue weighted by molar-refractivity contribution is 7.07. The number of rotatable bonds is 8. The van der Waals surface area contributed by atoms with E-state index in [0.29, 0.717) is 0 Å². The number of nitrogens with two attached hydrogens (primary N) is 1. The molecule has 0 aliphatic rings. The highest BCUT2D eigenvalue weighted by Gasteiger charge is 2.12. The van der Waals surface area contributed by atoms with Crippen molar-refractivity contribution in [3.63, 3.8) is 0 Å². The van der Waals surface area contributed by atoms with E-state index in [9.17, 15) is 4.79 Å². The molecule has 0 saturated heterocycles. The lowest BCUT2D eigenvalue weighted by Gasteiger charge is -2.12. The Kier molecular flexibility index (Phi) is 6.98. The number of thiophene rings is 1. The van der Waals surface area contributed by atoms with Crippen molar-refractivity contribution in [2.75, 3.05) is 6.54 Å². The topological polar surface area (TPSA) is 55.1 Å². The molecule has 1 aromatic rings. The zero-order valence-electron chi connectivity index (χ0n) is 11.3. The van der Waals surface area contributed by atoms with Crippen LogP contribution in [0.25, 0.3) is 0 Å². The summed E-state index contributed by atoms with van der Waals surface area (Å²) >= 11 is 1.69. The fourth-order valence-corrected chi connectivity index (χ4v) is 2.52. The summed E-state index contributed by atoms with van der Waals surface area (Å²) in [6.07, 6.45) is 3.86. The van der Waals surface area contributed by atoms with Crippen LogP contribution >= 0.6 is 11.3 Å². The molecule has 0 bridgehead atoms. The minimum Gasteiger partial charge on any atom is -0.356 e. The third-order valence-electron chi connectivity index (χ3n) is 3.04. The summed E-state index contributed by atoms with van der Waals surface area (Å²) in [6, 6.07) is 2.34. The molecule has 3 N–H and O–H groups in total. The SMILES string of the molecule is CC(N)CCCC(C)C(=O)NCCc1ccsc1. The van der Waals surface area contributed by atoms with Crippen molar-refractivity contribution in [3.05, 3.63) is 22.4 Å². The molecule has 0 aromatic carbocycles. The van der Waals surface area contributed by atoms with Gasteiger partial charge in [-0.3, -0.25) is 4.79 Å². The van der Waals surface area contributed by atoms with E-state index in [2.05, 4.69) is 22.1 Å². The number of hydrogen-bond acceptors (Lipinski definition) is 3. The second-order valence-electron chi connectivity index (χ2n) is 4.98. The van der Waals surface area contributed by atoms with Gasteiger partial charge in [0.25, 0.3) is 0 Å². The molecule has 3 nitrogen and oxygen atoms in total. The van der Waals surface area contributed by atoms with Gasteiger partial charge in [0.15, 0.2) is 0 Å². The summed E-state index contributed by atoms with van der Waals surface area (Å²) in [5.41, 5.74) is 6.99. The monoisotopic (exact) mass is 268 g/mol. The maximum atomic E-state index is 11.8. The van der Waals surface area contributed by atoms with Crippen molar-refractivity contribution in [1.82, 2.24) is 5.32 Å². The number of nitrogens with one attached hydrogen (secondary N) is 1. The Morgan fingerprint density at radius 1 is 1.44 bits per heavy atom. The summed E-state index contributed by atoms with van der Waals surface area (Å²) in [6.45, 7) is 4.72. The molecule has 102 valence electrons. The van der Waals surface area contributed by atoms with Crippen LogP contribution in [0.15, 0.2) is 16.8 Å².